The summed E-state index contributed by atoms with van der Waals surface area (Å²) in [6.07, 6.45) is 2.10. The maximum absolute atomic E-state index is 12.1. The third kappa shape index (κ3) is 20.8. The van der Waals surface area contributed by atoms with Gasteiger partial charge in [-0.15, -0.1) is 0 Å². The molecule has 0 radical (unpaired) electrons. The number of hydrogen-bond acceptors (Lipinski definition) is 12. The Morgan fingerprint density at radius 2 is 0.707 bits per heavy atom. The first-order chi connectivity index (χ1) is 38.4. The molecule has 82 heavy (non-hydrogen) atoms. The van der Waals surface area contributed by atoms with Crippen LogP contribution in [0.15, 0.2) is 120 Å². The van der Waals surface area contributed by atoms with E-state index in [4.69, 9.17) is 34.8 Å². The zero-order valence-electron chi connectivity index (χ0n) is 50.2. The number of hydrogen-bond donors (Lipinski definition) is 4. The zero-order chi connectivity index (χ0) is 63.8. The van der Waals surface area contributed by atoms with E-state index in [0.717, 1.165) is 66.7 Å². The lowest BCUT2D eigenvalue weighted by Gasteiger charge is -2.09. The van der Waals surface area contributed by atoms with E-state index in [1.165, 1.54) is 33.6 Å². The fourth-order valence-electron chi connectivity index (χ4n) is 6.24. The third-order valence-electron chi connectivity index (χ3n) is 11.1. The molecule has 20 nitrogen and oxygen atoms in total. The molecular formula is C56H79Cl3N8O12S3. The van der Waals surface area contributed by atoms with E-state index in [2.05, 4.69) is 28.8 Å². The monoisotopic (exact) mass is 1260 g/mol. The van der Waals surface area contributed by atoms with Gasteiger partial charge >= 0.3 is 0 Å². The van der Waals surface area contributed by atoms with E-state index in [0.29, 0.717) is 33.2 Å². The van der Waals surface area contributed by atoms with Crippen molar-refractivity contribution in [3.8, 4) is 22.7 Å². The fraction of sp³-hybridized carbons (Fsp3) is 0.357. The molecular weight excluding hydrogens is 1180 g/mol. The van der Waals surface area contributed by atoms with Crippen molar-refractivity contribution in [3.05, 3.63) is 193 Å². The minimum Gasteiger partial charge on any atom is -0.295 e. The van der Waals surface area contributed by atoms with Crippen LogP contribution in [0.2, 0.25) is 15.1 Å². The Morgan fingerprint density at radius 3 is 0.976 bits per heavy atom. The topological polar surface area (TPSA) is 272 Å². The highest BCUT2D eigenvalue weighted by atomic mass is 35.5. The number of rotatable bonds is 8. The number of para-hydroxylation sites is 2. The van der Waals surface area contributed by atoms with Crippen molar-refractivity contribution < 1.29 is 33.6 Å². The average molecular weight is 1260 g/mol. The molecule has 0 amide bonds. The van der Waals surface area contributed by atoms with Crippen LogP contribution in [0.4, 0.5) is 0 Å². The highest BCUT2D eigenvalue weighted by Crippen LogP contribution is 2.31. The maximum Gasteiger partial charge on any atom is 0.298 e. The molecule has 0 atom stereocenters. The minimum atomic E-state index is -3.98. The second kappa shape index (κ2) is 34.9. The van der Waals surface area contributed by atoms with Gasteiger partial charge in [0.25, 0.3) is 42.5 Å². The number of sulfone groups is 1. The molecule has 0 spiro atoms. The van der Waals surface area contributed by atoms with E-state index in [-0.39, 0.29) is 47.8 Å². The van der Waals surface area contributed by atoms with Crippen molar-refractivity contribution in [1.29, 1.82) is 0 Å². The molecule has 0 saturated carbocycles. The number of halogens is 3. The summed E-state index contributed by atoms with van der Waals surface area (Å²) in [5.74, 6) is 0. The summed E-state index contributed by atoms with van der Waals surface area (Å²) in [6, 6.07) is 25.8. The summed E-state index contributed by atoms with van der Waals surface area (Å²) in [4.78, 5) is 47.4. The summed E-state index contributed by atoms with van der Waals surface area (Å²) >= 11 is 18.1. The van der Waals surface area contributed by atoms with Gasteiger partial charge in [0, 0.05) is 51.3 Å². The van der Waals surface area contributed by atoms with Gasteiger partial charge in [0.05, 0.1) is 63.2 Å². The molecule has 0 aliphatic carbocycles. The van der Waals surface area contributed by atoms with E-state index in [9.17, 15) is 44.4 Å². The molecule has 0 fully saturated rings. The van der Waals surface area contributed by atoms with Crippen LogP contribution in [0.3, 0.4) is 0 Å². The Bertz CT molecular complexity index is 3800. The van der Waals surface area contributed by atoms with Crippen LogP contribution in [0.5, 0.6) is 0 Å². The van der Waals surface area contributed by atoms with Crippen LogP contribution in [-0.2, 0) is 38.4 Å². The molecule has 0 unspecified atom stereocenters. The van der Waals surface area contributed by atoms with E-state index in [1.54, 1.807) is 37.1 Å². The number of aromatic nitrogens is 8. The molecule has 8 aromatic rings. The second-order valence-electron chi connectivity index (χ2n) is 16.3. The molecule has 4 N–H and O–H groups in total. The Labute approximate surface area is 497 Å². The summed E-state index contributed by atoms with van der Waals surface area (Å²) in [5, 5.41) is 12.1. The average Bonchev–Trinajstić information content (AvgIpc) is 4.29. The van der Waals surface area contributed by atoms with Gasteiger partial charge in [-0.3, -0.25) is 47.9 Å². The molecule has 0 saturated heterocycles. The Morgan fingerprint density at radius 1 is 0.402 bits per heavy atom. The van der Waals surface area contributed by atoms with Crippen LogP contribution < -0.4 is 22.2 Å². The zero-order valence-corrected chi connectivity index (χ0v) is 54.9. The summed E-state index contributed by atoms with van der Waals surface area (Å²) in [5.41, 5.74) is 7.72. The first kappa shape index (κ1) is 75.6. The molecule has 4 aromatic heterocycles. The fourth-order valence-corrected chi connectivity index (χ4v) is 8.58. The quantitative estimate of drug-likeness (QED) is 0.103. The Balaban J connectivity index is 0.00000100. The molecule has 454 valence electrons. The van der Waals surface area contributed by atoms with Gasteiger partial charge in [-0.25, -0.2) is 27.1 Å². The molecule has 8 rings (SSSR count). The van der Waals surface area contributed by atoms with Crippen LogP contribution in [0.1, 0.15) is 100 Å². The van der Waals surface area contributed by atoms with Gasteiger partial charge in [0.15, 0.2) is 9.84 Å². The molecule has 4 heterocycles. The second-order valence-corrected chi connectivity index (χ2v) is 23.0. The van der Waals surface area contributed by atoms with Crippen LogP contribution in [-0.4, -0.2) is 91.1 Å². The normalized spacial score (nSPS) is 10.5. The van der Waals surface area contributed by atoms with E-state index < -0.39 is 30.1 Å². The SMILES string of the molecule is CC.CC.CC.CC.COS(=O)(=O)c1cc(Cl)c(-n2[nH]c(C)c(C)c2=O)cc1Cl.COS(C)(=O)=O.Cc1[nH]n(-c2cc(S(C)(=O)=O)ccc2Cl)c(=O)c1C.Cc1[nH]n(-c2ccccc2)c(=O)c1C.Cc1[nH]n(-c2ccccc2)c(=O)c1C. The third-order valence-corrected chi connectivity index (χ3v) is 15.2. The van der Waals surface area contributed by atoms with Crippen molar-refractivity contribution >= 4 is 64.9 Å². The highest BCUT2D eigenvalue weighted by molar-refractivity contribution is 7.90. The van der Waals surface area contributed by atoms with Crippen molar-refractivity contribution in [2.45, 2.75) is 121 Å². The number of nitrogens with zero attached hydrogens (tertiary/aromatic N) is 4. The molecule has 0 aliphatic rings. The van der Waals surface area contributed by atoms with Gasteiger partial charge in [-0.05, 0) is 110 Å². The van der Waals surface area contributed by atoms with E-state index >= 15 is 0 Å². The van der Waals surface area contributed by atoms with Crippen LogP contribution in [0.25, 0.3) is 22.7 Å². The molecule has 0 aliphatic heterocycles. The van der Waals surface area contributed by atoms with Gasteiger partial charge in [-0.1, -0.05) is 127 Å². The number of nitrogens with one attached hydrogen (secondary N) is 4. The maximum atomic E-state index is 12.1. The standard InChI is InChI=1S/C12H12Cl2N2O4S.C12H13ClN2O3S.2C11H12N2O.C2H6O3S.4C2H6/c1-6-7(2)15-16(12(6)17)10-4-9(14)11(5-8(10)13)21(18,19)20-3;1-7-8(2)14-15(12(7)16)11-6-9(19(3,17)18)4-5-10(11)13;2*1-8-9(2)12-13(11(8)14)10-6-4-3-5-7-10;1-5-6(2,3)4;4*1-2/h4-5,15H,1-3H3;4-6,14H,1-3H3;2*3-7,12H,1-2H3;1-2H3;4*1-2H3. The smallest absolute Gasteiger partial charge is 0.295 e. The summed E-state index contributed by atoms with van der Waals surface area (Å²) in [6.45, 7) is 30.3. The summed E-state index contributed by atoms with van der Waals surface area (Å²) < 4.78 is 80.0. The van der Waals surface area contributed by atoms with Gasteiger partial charge in [0.1, 0.15) is 4.90 Å². The van der Waals surface area contributed by atoms with Gasteiger partial charge in [-0.2, -0.15) is 16.8 Å². The largest absolute Gasteiger partial charge is 0.298 e. The van der Waals surface area contributed by atoms with Crippen molar-refractivity contribution in [2.75, 3.05) is 26.7 Å². The predicted octanol–water partition coefficient (Wildman–Crippen LogP) is 11.5. The molecule has 4 aromatic carbocycles. The highest BCUT2D eigenvalue weighted by Gasteiger charge is 2.22. The number of aryl methyl sites for hydroxylation is 4. The van der Waals surface area contributed by atoms with Gasteiger partial charge in [0.2, 0.25) is 0 Å². The number of benzene rings is 4. The van der Waals surface area contributed by atoms with Crippen molar-refractivity contribution in [1.82, 2.24) is 39.1 Å². The Hall–Kier alpha value is -6.44. The lowest BCUT2D eigenvalue weighted by molar-refractivity contribution is 0.397. The Kier molecular flexibility index (Phi) is 32.1. The molecule has 26 heteroatoms. The first-order valence-corrected chi connectivity index (χ1v) is 31.9. The van der Waals surface area contributed by atoms with Crippen molar-refractivity contribution in [3.63, 3.8) is 0 Å². The minimum absolute atomic E-state index is 0.0219. The summed E-state index contributed by atoms with van der Waals surface area (Å²) in [7, 11) is -8.35. The lowest BCUT2D eigenvalue weighted by Crippen LogP contribution is -2.16. The first-order valence-electron chi connectivity index (χ1n) is 25.7. The van der Waals surface area contributed by atoms with Gasteiger partial charge < -0.3 is 0 Å². The van der Waals surface area contributed by atoms with Crippen molar-refractivity contribution in [2.24, 2.45) is 0 Å². The lowest BCUT2D eigenvalue weighted by atomic mass is 10.3. The number of H-pyrrole nitrogens is 4. The van der Waals surface area contributed by atoms with E-state index in [1.807, 2.05) is 144 Å². The van der Waals surface area contributed by atoms with Crippen LogP contribution >= 0.6 is 34.8 Å². The molecule has 0 bridgehead atoms. The van der Waals surface area contributed by atoms with Crippen LogP contribution in [0, 0.1) is 55.4 Å². The predicted molar refractivity (Wildman–Crippen MR) is 333 cm³/mol. The number of aromatic amines is 4.